The normalized spacial score (nSPS) is 12.1. The summed E-state index contributed by atoms with van der Waals surface area (Å²) in [5, 5.41) is 9.71. The summed E-state index contributed by atoms with van der Waals surface area (Å²) in [7, 11) is 0. The molecule has 3 nitrogen and oxygen atoms in total. The molecule has 3 N–H and O–H groups in total. The summed E-state index contributed by atoms with van der Waals surface area (Å²) >= 11 is 0. The van der Waals surface area contributed by atoms with Crippen LogP contribution in [0, 0.1) is 0 Å². The van der Waals surface area contributed by atoms with E-state index in [1.54, 1.807) is 6.07 Å². The summed E-state index contributed by atoms with van der Waals surface area (Å²) in [6.45, 7) is 5.55. The van der Waals surface area contributed by atoms with Crippen LogP contribution in [0.1, 0.15) is 25.5 Å². The Morgan fingerprint density at radius 3 is 2.22 bits per heavy atom. The number of hydrogen-bond acceptors (Lipinski definition) is 3. The van der Waals surface area contributed by atoms with E-state index in [-0.39, 0.29) is 23.7 Å². The second-order valence-corrected chi connectivity index (χ2v) is 3.78. The van der Waals surface area contributed by atoms with Crippen molar-refractivity contribution in [3.05, 3.63) is 23.8 Å². The molecule has 1 aromatic carbocycles. The van der Waals surface area contributed by atoms with E-state index in [0.29, 0.717) is 0 Å². The Hall–Kier alpha value is -1.07. The van der Waals surface area contributed by atoms with Crippen molar-refractivity contribution >= 4 is 18.1 Å². The predicted octanol–water partition coefficient (Wildman–Crippen LogP) is 2.93. The molecule has 0 amide bonds. The van der Waals surface area contributed by atoms with Crippen molar-refractivity contribution in [3.8, 4) is 5.75 Å². The summed E-state index contributed by atoms with van der Waals surface area (Å²) in [6.07, 6.45) is -2.68. The largest absolute Gasteiger partial charge is 0.508 e. The van der Waals surface area contributed by atoms with Gasteiger partial charge < -0.3 is 15.7 Å². The van der Waals surface area contributed by atoms with Crippen molar-refractivity contribution in [2.45, 2.75) is 26.3 Å². The van der Waals surface area contributed by atoms with Gasteiger partial charge in [0.05, 0.1) is 6.04 Å². The van der Waals surface area contributed by atoms with E-state index in [9.17, 15) is 13.9 Å². The lowest BCUT2D eigenvalue weighted by Gasteiger charge is -2.22. The first-order valence-electron chi connectivity index (χ1n) is 5.62. The van der Waals surface area contributed by atoms with Gasteiger partial charge in [0.1, 0.15) is 5.75 Å². The molecule has 1 atom stereocenters. The number of halogens is 3. The van der Waals surface area contributed by atoms with Crippen molar-refractivity contribution < 1.29 is 13.9 Å². The number of anilines is 1. The molecular formula is C12H19ClF2N2O. The first-order chi connectivity index (χ1) is 8.01. The summed E-state index contributed by atoms with van der Waals surface area (Å²) in [5.74, 6) is -0.179. The fourth-order valence-corrected chi connectivity index (χ4v) is 1.74. The molecule has 0 heterocycles. The van der Waals surface area contributed by atoms with Crippen LogP contribution < -0.4 is 10.6 Å². The maximum atomic E-state index is 12.4. The fraction of sp³-hybridized carbons (Fsp3) is 0.500. The lowest BCUT2D eigenvalue weighted by atomic mass is 10.1. The number of rotatable bonds is 5. The van der Waals surface area contributed by atoms with Gasteiger partial charge in [-0.05, 0) is 19.9 Å². The lowest BCUT2D eigenvalue weighted by Crippen LogP contribution is -2.22. The van der Waals surface area contributed by atoms with Gasteiger partial charge in [0.15, 0.2) is 0 Å². The van der Waals surface area contributed by atoms with Crippen LogP contribution in [0.25, 0.3) is 0 Å². The Bertz CT molecular complexity index is 373. The van der Waals surface area contributed by atoms with Gasteiger partial charge in [-0.2, -0.15) is 0 Å². The Kier molecular flexibility index (Phi) is 6.94. The highest BCUT2D eigenvalue weighted by atomic mass is 35.5. The van der Waals surface area contributed by atoms with E-state index in [1.807, 2.05) is 18.7 Å². The monoisotopic (exact) mass is 280 g/mol. The van der Waals surface area contributed by atoms with Gasteiger partial charge in [-0.25, -0.2) is 8.78 Å². The van der Waals surface area contributed by atoms with Gasteiger partial charge >= 0.3 is 0 Å². The van der Waals surface area contributed by atoms with Crippen LogP contribution in [0.5, 0.6) is 5.75 Å². The van der Waals surface area contributed by atoms with Crippen molar-refractivity contribution in [3.63, 3.8) is 0 Å². The van der Waals surface area contributed by atoms with Gasteiger partial charge in [0.25, 0.3) is 6.43 Å². The first kappa shape index (κ1) is 16.9. The van der Waals surface area contributed by atoms with Crippen molar-refractivity contribution in [2.75, 3.05) is 18.0 Å². The van der Waals surface area contributed by atoms with E-state index in [4.69, 9.17) is 5.73 Å². The van der Waals surface area contributed by atoms with Crippen LogP contribution in [-0.2, 0) is 0 Å². The summed E-state index contributed by atoms with van der Waals surface area (Å²) in [5.41, 5.74) is 6.19. The Labute approximate surface area is 112 Å². The number of nitrogens with zero attached hydrogens (tertiary/aromatic N) is 1. The highest BCUT2D eigenvalue weighted by Crippen LogP contribution is 2.30. The van der Waals surface area contributed by atoms with Crippen LogP contribution in [0.4, 0.5) is 14.5 Å². The fourth-order valence-electron chi connectivity index (χ4n) is 1.74. The van der Waals surface area contributed by atoms with Crippen LogP contribution >= 0.6 is 12.4 Å². The van der Waals surface area contributed by atoms with Crippen molar-refractivity contribution in [1.82, 2.24) is 0 Å². The number of phenolic OH excluding ortho intramolecular Hbond substituents is 1. The Morgan fingerprint density at radius 2 is 1.83 bits per heavy atom. The van der Waals surface area contributed by atoms with Gasteiger partial charge in [0.2, 0.25) is 0 Å². The lowest BCUT2D eigenvalue weighted by molar-refractivity contribution is 0.115. The maximum Gasteiger partial charge on any atom is 0.257 e. The molecule has 0 unspecified atom stereocenters. The second kappa shape index (κ2) is 7.38. The molecule has 1 aromatic rings. The molecule has 104 valence electrons. The first-order valence-corrected chi connectivity index (χ1v) is 5.62. The van der Waals surface area contributed by atoms with Crippen LogP contribution in [-0.4, -0.2) is 24.6 Å². The minimum atomic E-state index is -2.68. The number of benzene rings is 1. The zero-order valence-corrected chi connectivity index (χ0v) is 11.3. The minimum absolute atomic E-state index is 0. The van der Waals surface area contributed by atoms with Gasteiger partial charge in [-0.1, -0.05) is 6.07 Å². The number of phenols is 1. The van der Waals surface area contributed by atoms with E-state index >= 15 is 0 Å². The second-order valence-electron chi connectivity index (χ2n) is 3.78. The molecule has 0 radical (unpaired) electrons. The van der Waals surface area contributed by atoms with Crippen molar-refractivity contribution in [1.29, 1.82) is 0 Å². The molecule has 1 rings (SSSR count). The van der Waals surface area contributed by atoms with Crippen LogP contribution in [0.3, 0.4) is 0 Å². The molecule has 0 saturated heterocycles. The number of aromatic hydroxyl groups is 1. The third-order valence-corrected chi connectivity index (χ3v) is 2.77. The van der Waals surface area contributed by atoms with Gasteiger partial charge in [0, 0.05) is 30.4 Å². The molecule has 0 aliphatic heterocycles. The molecule has 0 aliphatic rings. The highest BCUT2D eigenvalue weighted by Gasteiger charge is 2.21. The molecule has 0 bridgehead atoms. The van der Waals surface area contributed by atoms with Crippen LogP contribution in [0.2, 0.25) is 0 Å². The molecule has 0 spiro atoms. The van der Waals surface area contributed by atoms with E-state index in [1.165, 1.54) is 12.1 Å². The maximum absolute atomic E-state index is 12.4. The molecule has 18 heavy (non-hydrogen) atoms. The number of hydrogen-bond donors (Lipinski definition) is 2. The SMILES string of the molecule is CCN(CC)c1ccc([C@@H](N)C(F)F)c(O)c1.Cl. The molecule has 6 heteroatoms. The highest BCUT2D eigenvalue weighted by molar-refractivity contribution is 5.85. The molecule has 0 fully saturated rings. The zero-order valence-electron chi connectivity index (χ0n) is 10.4. The third kappa shape index (κ3) is 3.71. The predicted molar refractivity (Wildman–Crippen MR) is 71.8 cm³/mol. The molecule has 0 saturated carbocycles. The van der Waals surface area contributed by atoms with Gasteiger partial charge in [-0.15, -0.1) is 12.4 Å². The smallest absolute Gasteiger partial charge is 0.257 e. The Balaban J connectivity index is 0.00000289. The third-order valence-electron chi connectivity index (χ3n) is 2.77. The molecular weight excluding hydrogens is 262 g/mol. The van der Waals surface area contributed by atoms with E-state index in [0.717, 1.165) is 18.8 Å². The topological polar surface area (TPSA) is 49.5 Å². The number of nitrogens with two attached hydrogens (primary N) is 1. The summed E-state index contributed by atoms with van der Waals surface area (Å²) < 4.78 is 24.9. The minimum Gasteiger partial charge on any atom is -0.508 e. The standard InChI is InChI=1S/C12H18F2N2O.ClH/c1-3-16(4-2)8-5-6-9(10(17)7-8)11(15)12(13)14;/h5-7,11-12,17H,3-4,15H2,1-2H3;1H/t11-;/m1./s1. The molecule has 0 aliphatic carbocycles. The quantitative estimate of drug-likeness (QED) is 0.872. The molecule has 0 aromatic heterocycles. The van der Waals surface area contributed by atoms with Gasteiger partial charge in [-0.3, -0.25) is 0 Å². The zero-order chi connectivity index (χ0) is 13.0. The number of alkyl halides is 2. The van der Waals surface area contributed by atoms with Crippen LogP contribution in [0.15, 0.2) is 18.2 Å². The summed E-state index contributed by atoms with van der Waals surface area (Å²) in [6, 6.07) is 3.19. The average Bonchev–Trinajstić information content (AvgIpc) is 2.30. The van der Waals surface area contributed by atoms with Crippen molar-refractivity contribution in [2.24, 2.45) is 5.73 Å². The van der Waals surface area contributed by atoms with E-state index < -0.39 is 12.5 Å². The Morgan fingerprint density at radius 1 is 1.28 bits per heavy atom. The average molecular weight is 281 g/mol. The van der Waals surface area contributed by atoms with E-state index in [2.05, 4.69) is 0 Å². The summed E-state index contributed by atoms with van der Waals surface area (Å²) in [4.78, 5) is 2.01.